The molecule has 8 nitrogen and oxygen atoms in total. The van der Waals surface area contributed by atoms with Crippen LogP contribution in [0.1, 0.15) is 12.8 Å². The number of para-hydroxylation sites is 2. The van der Waals surface area contributed by atoms with Crippen molar-refractivity contribution in [2.75, 3.05) is 50.8 Å². The monoisotopic (exact) mass is 483 g/mol. The van der Waals surface area contributed by atoms with Crippen molar-refractivity contribution >= 4 is 17.5 Å². The summed E-state index contributed by atoms with van der Waals surface area (Å²) in [6.45, 7) is 1.20. The Morgan fingerprint density at radius 2 is 1.62 bits per heavy atom. The average Bonchev–Trinajstić information content (AvgIpc) is 3.54. The van der Waals surface area contributed by atoms with Crippen molar-refractivity contribution < 1.29 is 37.3 Å². The van der Waals surface area contributed by atoms with Crippen LogP contribution in [0.25, 0.3) is 0 Å². The van der Waals surface area contributed by atoms with E-state index in [0.29, 0.717) is 51.3 Å². The molecule has 3 saturated heterocycles. The minimum atomic E-state index is -4.41. The Morgan fingerprint density at radius 3 is 2.24 bits per heavy atom. The van der Waals surface area contributed by atoms with Gasteiger partial charge in [0.1, 0.15) is 5.75 Å². The molecule has 1 N–H and O–H groups in total. The first-order valence-corrected chi connectivity index (χ1v) is 11.6. The second-order valence-electron chi connectivity index (χ2n) is 9.50. The van der Waals surface area contributed by atoms with Crippen molar-refractivity contribution in [2.24, 2.45) is 11.8 Å². The van der Waals surface area contributed by atoms with Crippen LogP contribution in [0.15, 0.2) is 24.3 Å². The van der Waals surface area contributed by atoms with Gasteiger partial charge in [-0.3, -0.25) is 19.4 Å². The fraction of sp³-hybridized carbons (Fsp3) is 0.652. The largest absolute Gasteiger partial charge is 0.482 e. The predicted octanol–water partition coefficient (Wildman–Crippen LogP) is 1.27. The van der Waals surface area contributed by atoms with Crippen molar-refractivity contribution in [1.29, 1.82) is 0 Å². The molecule has 0 radical (unpaired) electrons. The van der Waals surface area contributed by atoms with Gasteiger partial charge in [0, 0.05) is 32.7 Å². The van der Waals surface area contributed by atoms with E-state index in [0.717, 1.165) is 0 Å². The van der Waals surface area contributed by atoms with Crippen LogP contribution in [0.2, 0.25) is 0 Å². The number of benzene rings is 1. The Labute approximate surface area is 195 Å². The van der Waals surface area contributed by atoms with Crippen LogP contribution < -0.4 is 9.64 Å². The van der Waals surface area contributed by atoms with Gasteiger partial charge in [-0.05, 0) is 25.0 Å². The molecule has 4 fully saturated rings. The fourth-order valence-electron chi connectivity index (χ4n) is 5.40. The minimum absolute atomic E-state index is 0.0187. The molecule has 5 atom stereocenters. The zero-order chi connectivity index (χ0) is 24.0. The summed E-state index contributed by atoms with van der Waals surface area (Å²) in [6, 6.07) is 6.64. The van der Waals surface area contributed by atoms with E-state index in [4.69, 9.17) is 9.47 Å². The molecular weight excluding hydrogens is 455 g/mol. The Bertz CT molecular complexity index is 909. The summed E-state index contributed by atoms with van der Waals surface area (Å²) in [5.41, 5.74) is 0.602. The Kier molecular flexibility index (Phi) is 6.19. The number of likely N-dealkylation sites (tertiary alicyclic amines) is 1. The Hall–Kier alpha value is -2.37. The summed E-state index contributed by atoms with van der Waals surface area (Å²) in [5.74, 6) is -0.881. The summed E-state index contributed by atoms with van der Waals surface area (Å²) in [7, 11) is 0. The van der Waals surface area contributed by atoms with Gasteiger partial charge in [-0.15, -0.1) is 0 Å². The van der Waals surface area contributed by atoms with Crippen LogP contribution in [-0.2, 0) is 14.3 Å². The van der Waals surface area contributed by atoms with E-state index in [1.807, 2.05) is 9.80 Å². The number of hydrogen-bond donors (Lipinski definition) is 1. The molecule has 5 rings (SSSR count). The van der Waals surface area contributed by atoms with Gasteiger partial charge in [-0.1, -0.05) is 12.1 Å². The smallest absolute Gasteiger partial charge is 0.422 e. The highest BCUT2D eigenvalue weighted by Crippen LogP contribution is 2.47. The first-order valence-electron chi connectivity index (χ1n) is 11.6. The van der Waals surface area contributed by atoms with Gasteiger partial charge in [0.25, 0.3) is 0 Å². The molecule has 3 heterocycles. The molecule has 0 spiro atoms. The van der Waals surface area contributed by atoms with Gasteiger partial charge in [0.2, 0.25) is 11.8 Å². The van der Waals surface area contributed by atoms with E-state index in [1.165, 1.54) is 11.0 Å². The number of aliphatic hydroxyl groups excluding tert-OH is 1. The summed E-state index contributed by atoms with van der Waals surface area (Å²) in [5, 5.41) is 10.6. The zero-order valence-electron chi connectivity index (χ0n) is 18.6. The number of rotatable bonds is 7. The summed E-state index contributed by atoms with van der Waals surface area (Å²) >= 11 is 0. The van der Waals surface area contributed by atoms with Gasteiger partial charge < -0.3 is 19.5 Å². The highest BCUT2D eigenvalue weighted by molar-refractivity contribution is 6.05. The zero-order valence-corrected chi connectivity index (χ0v) is 18.6. The number of halogens is 3. The highest BCUT2D eigenvalue weighted by Gasteiger charge is 2.58. The third kappa shape index (κ3) is 4.87. The van der Waals surface area contributed by atoms with Crippen molar-refractivity contribution in [3.63, 3.8) is 0 Å². The second kappa shape index (κ2) is 9.01. The van der Waals surface area contributed by atoms with Gasteiger partial charge in [0.05, 0.1) is 42.4 Å². The number of carbonyl (C=O) groups excluding carboxylic acids is 2. The number of β-amino-alcohol motifs (C(OH)–C–C–N with tert-alkyl or cyclic N) is 1. The normalized spacial score (nSPS) is 30.2. The number of alkyl halides is 3. The summed E-state index contributed by atoms with van der Waals surface area (Å²) in [4.78, 5) is 30.7. The second-order valence-corrected chi connectivity index (χ2v) is 9.50. The Balaban J connectivity index is 1.12. The van der Waals surface area contributed by atoms with E-state index >= 15 is 0 Å². The SMILES string of the molecule is O=C1C2CC3OC3CC2C(=O)N1CC(O)CN1CCN(c2ccccc2OCC(F)(F)F)CC1. The van der Waals surface area contributed by atoms with Crippen LogP contribution in [-0.4, -0.2) is 97.1 Å². The number of ether oxygens (including phenoxy) is 2. The van der Waals surface area contributed by atoms with E-state index in [9.17, 15) is 27.9 Å². The first kappa shape index (κ1) is 23.4. The number of epoxide rings is 1. The topological polar surface area (TPSA) is 85.8 Å². The lowest BCUT2D eigenvalue weighted by atomic mass is 9.81. The van der Waals surface area contributed by atoms with E-state index in [2.05, 4.69) is 0 Å². The number of aliphatic hydroxyl groups is 1. The van der Waals surface area contributed by atoms with Gasteiger partial charge in [-0.25, -0.2) is 0 Å². The third-order valence-electron chi connectivity index (χ3n) is 7.14. The number of hydrogen-bond acceptors (Lipinski definition) is 7. The molecule has 1 aromatic carbocycles. The molecule has 34 heavy (non-hydrogen) atoms. The first-order chi connectivity index (χ1) is 16.2. The molecule has 5 unspecified atom stereocenters. The van der Waals surface area contributed by atoms with Crippen LogP contribution in [0.4, 0.5) is 18.9 Å². The van der Waals surface area contributed by atoms with E-state index < -0.39 is 18.9 Å². The Morgan fingerprint density at radius 1 is 1.00 bits per heavy atom. The van der Waals surface area contributed by atoms with Gasteiger partial charge in [0.15, 0.2) is 6.61 Å². The van der Waals surface area contributed by atoms with Gasteiger partial charge in [-0.2, -0.15) is 13.2 Å². The number of carbonyl (C=O) groups is 2. The van der Waals surface area contributed by atoms with Crippen molar-refractivity contribution in [2.45, 2.75) is 37.3 Å². The molecule has 2 amide bonds. The fourth-order valence-corrected chi connectivity index (χ4v) is 5.40. The molecule has 11 heteroatoms. The maximum absolute atomic E-state index is 12.7. The highest BCUT2D eigenvalue weighted by atomic mass is 19.4. The van der Waals surface area contributed by atoms with E-state index in [1.54, 1.807) is 18.2 Å². The molecular formula is C23H28F3N3O5. The molecule has 0 aromatic heterocycles. The molecule has 0 bridgehead atoms. The number of imide groups is 1. The lowest BCUT2D eigenvalue weighted by molar-refractivity contribution is -0.153. The molecule has 1 aromatic rings. The molecule has 1 saturated carbocycles. The molecule has 3 aliphatic heterocycles. The lowest BCUT2D eigenvalue weighted by Gasteiger charge is -2.37. The van der Waals surface area contributed by atoms with Crippen molar-refractivity contribution in [3.8, 4) is 5.75 Å². The number of amides is 2. The van der Waals surface area contributed by atoms with Crippen LogP contribution in [0.3, 0.4) is 0 Å². The van der Waals surface area contributed by atoms with Crippen molar-refractivity contribution in [3.05, 3.63) is 24.3 Å². The van der Waals surface area contributed by atoms with E-state index in [-0.39, 0.29) is 48.2 Å². The molecule has 4 aliphatic rings. The number of anilines is 1. The predicted molar refractivity (Wildman–Crippen MR) is 114 cm³/mol. The molecule has 186 valence electrons. The minimum Gasteiger partial charge on any atom is -0.482 e. The maximum Gasteiger partial charge on any atom is 0.422 e. The summed E-state index contributed by atoms with van der Waals surface area (Å²) in [6.07, 6.45) is -3.91. The van der Waals surface area contributed by atoms with Crippen LogP contribution in [0.5, 0.6) is 5.75 Å². The number of fused-ring (bicyclic) bond motifs is 2. The standard InChI is InChI=1S/C23H28F3N3O5/c24-23(25,26)13-33-18-4-2-1-3-17(18)28-7-5-27(6-8-28)11-14(30)12-29-21(31)15-9-19-20(34-19)10-16(15)22(29)32/h1-4,14-16,19-20,30H,5-13H2. The van der Waals surface area contributed by atoms with Crippen LogP contribution in [0, 0.1) is 11.8 Å². The maximum atomic E-state index is 12.7. The lowest BCUT2D eigenvalue weighted by Crippen LogP contribution is -2.50. The average molecular weight is 483 g/mol. The quantitative estimate of drug-likeness (QED) is 0.462. The number of nitrogens with zero attached hydrogens (tertiary/aromatic N) is 3. The van der Waals surface area contributed by atoms with Crippen LogP contribution >= 0.6 is 0 Å². The third-order valence-corrected chi connectivity index (χ3v) is 7.14. The number of piperazine rings is 1. The summed E-state index contributed by atoms with van der Waals surface area (Å²) < 4.78 is 48.2. The van der Waals surface area contributed by atoms with Crippen molar-refractivity contribution in [1.82, 2.24) is 9.80 Å². The van der Waals surface area contributed by atoms with Gasteiger partial charge >= 0.3 is 6.18 Å². The molecule has 1 aliphatic carbocycles.